The van der Waals surface area contributed by atoms with Crippen LogP contribution in [-0.2, 0) is 20.9 Å². The predicted molar refractivity (Wildman–Crippen MR) is 104 cm³/mol. The predicted octanol–water partition coefficient (Wildman–Crippen LogP) is 1.93. The molecular formula is C21H19N3O5. The summed E-state index contributed by atoms with van der Waals surface area (Å²) in [4.78, 5) is 35.6. The highest BCUT2D eigenvalue weighted by Crippen LogP contribution is 2.19. The third-order valence-corrected chi connectivity index (χ3v) is 3.88. The fraction of sp³-hybridized carbons (Fsp3) is 0.143. The fourth-order valence-corrected chi connectivity index (χ4v) is 2.39. The fourth-order valence-electron chi connectivity index (χ4n) is 2.39. The molecule has 3 rings (SSSR count). The number of hydrogen-bond donors (Lipinski definition) is 2. The summed E-state index contributed by atoms with van der Waals surface area (Å²) in [5.74, 6) is -1.21. The molecule has 2 amide bonds. The van der Waals surface area contributed by atoms with Gasteiger partial charge in [-0.15, -0.1) is 0 Å². The third-order valence-electron chi connectivity index (χ3n) is 3.88. The molecule has 0 bridgehead atoms. The molecule has 2 aromatic carbocycles. The zero-order valence-corrected chi connectivity index (χ0v) is 15.5. The van der Waals surface area contributed by atoms with Crippen LogP contribution in [0.5, 0.6) is 0 Å². The topological polar surface area (TPSA) is 111 Å². The molecule has 2 N–H and O–H groups in total. The standard InChI is InChI=1S/C21H19N3O5/c25-19(22-13-20(26)28-14-15-7-3-1-4-8-15)12-23-21(27)17-11-18(29-24-17)16-9-5-2-6-10-16/h1-11H,12-14H2,(H,22,25)(H,23,27). The molecule has 1 aromatic heterocycles. The molecule has 0 saturated heterocycles. The zero-order valence-electron chi connectivity index (χ0n) is 15.5. The number of hydrogen-bond acceptors (Lipinski definition) is 6. The lowest BCUT2D eigenvalue weighted by molar-refractivity contribution is -0.145. The van der Waals surface area contributed by atoms with Crippen molar-refractivity contribution in [1.82, 2.24) is 15.8 Å². The summed E-state index contributed by atoms with van der Waals surface area (Å²) in [5.41, 5.74) is 1.69. The van der Waals surface area contributed by atoms with Gasteiger partial charge in [-0.3, -0.25) is 14.4 Å². The Balaban J connectivity index is 1.38. The Kier molecular flexibility index (Phi) is 6.72. The van der Waals surface area contributed by atoms with E-state index in [1.807, 2.05) is 60.7 Å². The molecule has 0 spiro atoms. The van der Waals surface area contributed by atoms with Gasteiger partial charge in [0.1, 0.15) is 13.2 Å². The lowest BCUT2D eigenvalue weighted by Crippen LogP contribution is -2.39. The minimum absolute atomic E-state index is 0.0546. The van der Waals surface area contributed by atoms with Crippen LogP contribution in [0.25, 0.3) is 11.3 Å². The maximum Gasteiger partial charge on any atom is 0.325 e. The lowest BCUT2D eigenvalue weighted by atomic mass is 10.1. The summed E-state index contributed by atoms with van der Waals surface area (Å²) in [5, 5.41) is 8.51. The van der Waals surface area contributed by atoms with Crippen molar-refractivity contribution >= 4 is 17.8 Å². The Morgan fingerprint density at radius 1 is 0.897 bits per heavy atom. The second-order valence-corrected chi connectivity index (χ2v) is 6.05. The Bertz CT molecular complexity index is 970. The van der Waals surface area contributed by atoms with Gasteiger partial charge in [-0.25, -0.2) is 0 Å². The molecule has 29 heavy (non-hydrogen) atoms. The number of carbonyl (C=O) groups is 3. The molecule has 8 nitrogen and oxygen atoms in total. The molecule has 0 radical (unpaired) electrons. The van der Waals surface area contributed by atoms with E-state index in [0.717, 1.165) is 11.1 Å². The van der Waals surface area contributed by atoms with Crippen LogP contribution in [0, 0.1) is 0 Å². The van der Waals surface area contributed by atoms with E-state index in [4.69, 9.17) is 9.26 Å². The van der Waals surface area contributed by atoms with E-state index in [9.17, 15) is 14.4 Å². The number of carbonyl (C=O) groups excluding carboxylic acids is 3. The second kappa shape index (κ2) is 9.84. The Morgan fingerprint density at radius 2 is 1.59 bits per heavy atom. The van der Waals surface area contributed by atoms with Crippen LogP contribution in [0.15, 0.2) is 71.3 Å². The summed E-state index contributed by atoms with van der Waals surface area (Å²) in [6, 6.07) is 19.9. The quantitative estimate of drug-likeness (QED) is 0.566. The van der Waals surface area contributed by atoms with Gasteiger partial charge in [0.15, 0.2) is 11.5 Å². The molecule has 148 valence electrons. The van der Waals surface area contributed by atoms with Gasteiger partial charge in [0.05, 0.1) is 6.54 Å². The van der Waals surface area contributed by atoms with Crippen LogP contribution in [0.4, 0.5) is 0 Å². The molecule has 0 fully saturated rings. The van der Waals surface area contributed by atoms with Crippen molar-refractivity contribution in [1.29, 1.82) is 0 Å². The first-order chi connectivity index (χ1) is 14.1. The number of amides is 2. The Labute approximate surface area is 166 Å². The van der Waals surface area contributed by atoms with Gasteiger partial charge in [0.2, 0.25) is 5.91 Å². The van der Waals surface area contributed by atoms with E-state index in [1.165, 1.54) is 6.07 Å². The smallest absolute Gasteiger partial charge is 0.325 e. The first-order valence-electron chi connectivity index (χ1n) is 8.88. The van der Waals surface area contributed by atoms with Gasteiger partial charge in [0, 0.05) is 11.6 Å². The molecule has 0 aliphatic carbocycles. The van der Waals surface area contributed by atoms with E-state index in [2.05, 4.69) is 15.8 Å². The second-order valence-electron chi connectivity index (χ2n) is 6.05. The average molecular weight is 393 g/mol. The van der Waals surface area contributed by atoms with Crippen molar-refractivity contribution in [2.45, 2.75) is 6.61 Å². The van der Waals surface area contributed by atoms with Crippen LogP contribution in [0.1, 0.15) is 16.1 Å². The molecule has 0 aliphatic rings. The zero-order chi connectivity index (χ0) is 20.5. The van der Waals surface area contributed by atoms with Gasteiger partial charge in [-0.05, 0) is 5.56 Å². The van der Waals surface area contributed by atoms with Crippen molar-refractivity contribution in [2.75, 3.05) is 13.1 Å². The molecule has 0 aliphatic heterocycles. The number of esters is 1. The molecule has 0 atom stereocenters. The Morgan fingerprint density at radius 3 is 2.31 bits per heavy atom. The number of benzene rings is 2. The number of ether oxygens (including phenoxy) is 1. The minimum atomic E-state index is -0.572. The summed E-state index contributed by atoms with van der Waals surface area (Å²) in [7, 11) is 0. The SMILES string of the molecule is O=C(CNC(=O)c1cc(-c2ccccc2)on1)NCC(=O)OCc1ccccc1. The van der Waals surface area contributed by atoms with Crippen molar-refractivity contribution in [2.24, 2.45) is 0 Å². The number of nitrogens with one attached hydrogen (secondary N) is 2. The van der Waals surface area contributed by atoms with Gasteiger partial charge >= 0.3 is 5.97 Å². The number of rotatable bonds is 8. The summed E-state index contributed by atoms with van der Waals surface area (Å²) < 4.78 is 10.2. The van der Waals surface area contributed by atoms with E-state index in [0.29, 0.717) is 5.76 Å². The van der Waals surface area contributed by atoms with Crippen molar-refractivity contribution in [3.63, 3.8) is 0 Å². The normalized spacial score (nSPS) is 10.2. The monoisotopic (exact) mass is 393 g/mol. The third kappa shape index (κ3) is 6.03. The molecule has 3 aromatic rings. The maximum atomic E-state index is 12.1. The van der Waals surface area contributed by atoms with Gasteiger partial charge in [-0.1, -0.05) is 65.8 Å². The number of nitrogens with zero attached hydrogens (tertiary/aromatic N) is 1. The van der Waals surface area contributed by atoms with Crippen LogP contribution >= 0.6 is 0 Å². The van der Waals surface area contributed by atoms with Gasteiger partial charge in [-0.2, -0.15) is 0 Å². The van der Waals surface area contributed by atoms with Crippen LogP contribution in [-0.4, -0.2) is 36.0 Å². The summed E-state index contributed by atoms with van der Waals surface area (Å²) >= 11 is 0. The highest BCUT2D eigenvalue weighted by Gasteiger charge is 2.15. The Hall–Kier alpha value is -3.94. The van der Waals surface area contributed by atoms with E-state index >= 15 is 0 Å². The molecular weight excluding hydrogens is 374 g/mol. The number of aromatic nitrogens is 1. The van der Waals surface area contributed by atoms with Crippen molar-refractivity contribution < 1.29 is 23.6 Å². The highest BCUT2D eigenvalue weighted by atomic mass is 16.5. The van der Waals surface area contributed by atoms with Crippen LogP contribution < -0.4 is 10.6 Å². The van der Waals surface area contributed by atoms with E-state index in [-0.39, 0.29) is 25.4 Å². The van der Waals surface area contributed by atoms with Crippen LogP contribution in [0.3, 0.4) is 0 Å². The van der Waals surface area contributed by atoms with Gasteiger partial charge < -0.3 is 19.9 Å². The summed E-state index contributed by atoms with van der Waals surface area (Å²) in [6.07, 6.45) is 0. The van der Waals surface area contributed by atoms with E-state index in [1.54, 1.807) is 0 Å². The molecule has 1 heterocycles. The molecule has 8 heteroatoms. The van der Waals surface area contributed by atoms with E-state index < -0.39 is 17.8 Å². The first kappa shape index (κ1) is 19.8. The van der Waals surface area contributed by atoms with Crippen molar-refractivity contribution in [3.05, 3.63) is 78.0 Å². The maximum absolute atomic E-state index is 12.1. The first-order valence-corrected chi connectivity index (χ1v) is 8.88. The van der Waals surface area contributed by atoms with Crippen molar-refractivity contribution in [3.8, 4) is 11.3 Å². The molecule has 0 saturated carbocycles. The highest BCUT2D eigenvalue weighted by molar-refractivity contribution is 5.95. The largest absolute Gasteiger partial charge is 0.460 e. The lowest BCUT2D eigenvalue weighted by Gasteiger charge is -2.07. The van der Waals surface area contributed by atoms with Crippen LogP contribution in [0.2, 0.25) is 0 Å². The summed E-state index contributed by atoms with van der Waals surface area (Å²) in [6.45, 7) is -0.468. The van der Waals surface area contributed by atoms with Gasteiger partial charge in [0.25, 0.3) is 5.91 Å². The molecule has 0 unspecified atom stereocenters. The average Bonchev–Trinajstić information content (AvgIpc) is 3.26. The minimum Gasteiger partial charge on any atom is -0.460 e.